The number of nitrogens with one attached hydrogen (secondary N) is 1. The van der Waals surface area contributed by atoms with E-state index in [-0.39, 0.29) is 5.75 Å². The fraction of sp³-hybridized carbons (Fsp3) is 0.0714. The molecule has 0 spiro atoms. The number of carbonyl (C=O) groups is 1. The van der Waals surface area contributed by atoms with E-state index in [0.29, 0.717) is 10.6 Å². The molecular formula is C14H13NO3S. The average molecular weight is 275 g/mol. The molecule has 19 heavy (non-hydrogen) atoms. The van der Waals surface area contributed by atoms with Crippen LogP contribution in [0.4, 0.5) is 5.69 Å². The van der Waals surface area contributed by atoms with Crippen LogP contribution < -0.4 is 5.32 Å². The highest BCUT2D eigenvalue weighted by molar-refractivity contribution is 8.00. The summed E-state index contributed by atoms with van der Waals surface area (Å²) in [5, 5.41) is 21.5. The number of phenolic OH excluding ortho intramolecular Hbond substituents is 1. The maximum absolute atomic E-state index is 11.8. The van der Waals surface area contributed by atoms with Crippen LogP contribution in [0.2, 0.25) is 0 Å². The summed E-state index contributed by atoms with van der Waals surface area (Å²) >= 11 is 1.01. The summed E-state index contributed by atoms with van der Waals surface area (Å²) in [6, 6.07) is 15.2. The summed E-state index contributed by atoms with van der Waals surface area (Å²) in [5.41, 5.74) is -0.567. The molecule has 0 bridgehead atoms. The van der Waals surface area contributed by atoms with Crippen molar-refractivity contribution in [1.29, 1.82) is 0 Å². The van der Waals surface area contributed by atoms with E-state index in [2.05, 4.69) is 5.32 Å². The number of anilines is 1. The Kier molecular flexibility index (Phi) is 4.43. The number of para-hydroxylation sites is 1. The second-order valence-electron chi connectivity index (χ2n) is 3.82. The van der Waals surface area contributed by atoms with Gasteiger partial charge < -0.3 is 15.5 Å². The van der Waals surface area contributed by atoms with Crippen molar-refractivity contribution in [2.75, 3.05) is 5.32 Å². The van der Waals surface area contributed by atoms with E-state index in [4.69, 9.17) is 5.11 Å². The molecule has 0 heterocycles. The van der Waals surface area contributed by atoms with Crippen LogP contribution in [0.15, 0.2) is 59.5 Å². The molecule has 0 saturated heterocycles. The molecule has 2 aromatic rings. The Morgan fingerprint density at radius 2 is 1.68 bits per heavy atom. The van der Waals surface area contributed by atoms with Crippen LogP contribution in [0.5, 0.6) is 5.75 Å². The Labute approximate surface area is 115 Å². The number of aromatic hydroxyl groups is 1. The molecular weight excluding hydrogens is 262 g/mol. The molecule has 0 radical (unpaired) electrons. The molecule has 0 aliphatic carbocycles. The minimum absolute atomic E-state index is 0.146. The van der Waals surface area contributed by atoms with Gasteiger partial charge in [0.15, 0.2) is 5.44 Å². The SMILES string of the molecule is O=C(Nc1ccccc1)C(O)Sc1ccc(O)cc1. The Morgan fingerprint density at radius 1 is 1.05 bits per heavy atom. The molecule has 1 atom stereocenters. The van der Waals surface area contributed by atoms with E-state index >= 15 is 0 Å². The van der Waals surface area contributed by atoms with Gasteiger partial charge >= 0.3 is 0 Å². The number of phenols is 1. The predicted molar refractivity (Wildman–Crippen MR) is 75.0 cm³/mol. The number of aliphatic hydroxyl groups excluding tert-OH is 1. The van der Waals surface area contributed by atoms with Gasteiger partial charge in [0.1, 0.15) is 5.75 Å². The molecule has 1 amide bonds. The highest BCUT2D eigenvalue weighted by Crippen LogP contribution is 2.24. The molecule has 0 saturated carbocycles. The van der Waals surface area contributed by atoms with Crippen molar-refractivity contribution in [3.8, 4) is 5.75 Å². The zero-order chi connectivity index (χ0) is 13.7. The van der Waals surface area contributed by atoms with Crippen molar-refractivity contribution in [3.05, 3.63) is 54.6 Å². The van der Waals surface area contributed by atoms with E-state index in [1.54, 1.807) is 36.4 Å². The molecule has 3 N–H and O–H groups in total. The highest BCUT2D eigenvalue weighted by atomic mass is 32.2. The lowest BCUT2D eigenvalue weighted by molar-refractivity contribution is -0.120. The average Bonchev–Trinajstić information content (AvgIpc) is 2.42. The van der Waals surface area contributed by atoms with E-state index in [9.17, 15) is 9.90 Å². The van der Waals surface area contributed by atoms with E-state index in [1.807, 2.05) is 6.07 Å². The van der Waals surface area contributed by atoms with Crippen molar-refractivity contribution in [2.24, 2.45) is 0 Å². The van der Waals surface area contributed by atoms with Gasteiger partial charge in [-0.2, -0.15) is 0 Å². The molecule has 1 unspecified atom stereocenters. The molecule has 0 fully saturated rings. The summed E-state index contributed by atoms with van der Waals surface area (Å²) in [6.07, 6.45) is 0. The second kappa shape index (κ2) is 6.26. The molecule has 2 rings (SSSR count). The number of amides is 1. The summed E-state index contributed by atoms with van der Waals surface area (Å²) in [4.78, 5) is 12.5. The summed E-state index contributed by atoms with van der Waals surface area (Å²) in [6.45, 7) is 0. The van der Waals surface area contributed by atoms with Crippen molar-refractivity contribution in [3.63, 3.8) is 0 Å². The molecule has 0 aliphatic rings. The van der Waals surface area contributed by atoms with Gasteiger partial charge in [-0.25, -0.2) is 0 Å². The first-order valence-corrected chi connectivity index (χ1v) is 6.53. The van der Waals surface area contributed by atoms with E-state index in [1.165, 1.54) is 12.1 Å². The second-order valence-corrected chi connectivity index (χ2v) is 4.97. The lowest BCUT2D eigenvalue weighted by atomic mass is 10.3. The zero-order valence-electron chi connectivity index (χ0n) is 9.98. The number of hydrogen-bond acceptors (Lipinski definition) is 4. The highest BCUT2D eigenvalue weighted by Gasteiger charge is 2.16. The first-order chi connectivity index (χ1) is 9.15. The fourth-order valence-electron chi connectivity index (χ4n) is 1.43. The number of aliphatic hydroxyl groups is 1. The van der Waals surface area contributed by atoms with E-state index < -0.39 is 11.3 Å². The third-order valence-corrected chi connectivity index (χ3v) is 3.33. The summed E-state index contributed by atoms with van der Waals surface area (Å²) in [7, 11) is 0. The summed E-state index contributed by atoms with van der Waals surface area (Å²) < 4.78 is 0. The number of thioether (sulfide) groups is 1. The predicted octanol–water partition coefficient (Wildman–Crippen LogP) is 2.44. The van der Waals surface area contributed by atoms with Gasteiger partial charge in [0.25, 0.3) is 5.91 Å². The Balaban J connectivity index is 1.94. The normalized spacial score (nSPS) is 11.8. The Bertz CT molecular complexity index is 542. The lowest BCUT2D eigenvalue weighted by Crippen LogP contribution is -2.24. The van der Waals surface area contributed by atoms with Crippen LogP contribution in [-0.2, 0) is 4.79 Å². The Hall–Kier alpha value is -1.98. The van der Waals surface area contributed by atoms with Crippen LogP contribution in [0.1, 0.15) is 0 Å². The number of rotatable bonds is 4. The maximum Gasteiger partial charge on any atom is 0.264 e. The number of hydrogen-bond donors (Lipinski definition) is 3. The van der Waals surface area contributed by atoms with Crippen molar-refractivity contribution >= 4 is 23.4 Å². The molecule has 0 aliphatic heterocycles. The van der Waals surface area contributed by atoms with Crippen LogP contribution in [0.3, 0.4) is 0 Å². The van der Waals surface area contributed by atoms with Gasteiger partial charge in [-0.1, -0.05) is 30.0 Å². The van der Waals surface area contributed by atoms with Crippen molar-refractivity contribution < 1.29 is 15.0 Å². The first kappa shape index (κ1) is 13.5. The molecule has 2 aromatic carbocycles. The zero-order valence-corrected chi connectivity index (χ0v) is 10.8. The minimum atomic E-state index is -1.20. The quantitative estimate of drug-likeness (QED) is 0.592. The van der Waals surface area contributed by atoms with Crippen LogP contribution in [0.25, 0.3) is 0 Å². The van der Waals surface area contributed by atoms with Gasteiger partial charge in [0, 0.05) is 10.6 Å². The molecule has 98 valence electrons. The topological polar surface area (TPSA) is 69.6 Å². The smallest absolute Gasteiger partial charge is 0.264 e. The number of carbonyl (C=O) groups excluding carboxylic acids is 1. The lowest BCUT2D eigenvalue weighted by Gasteiger charge is -2.11. The van der Waals surface area contributed by atoms with Crippen LogP contribution in [0, 0.1) is 0 Å². The van der Waals surface area contributed by atoms with Gasteiger partial charge in [-0.3, -0.25) is 4.79 Å². The van der Waals surface area contributed by atoms with Gasteiger partial charge in [-0.05, 0) is 36.4 Å². The van der Waals surface area contributed by atoms with Crippen LogP contribution in [-0.4, -0.2) is 21.6 Å². The Morgan fingerprint density at radius 3 is 2.32 bits per heavy atom. The number of benzene rings is 2. The van der Waals surface area contributed by atoms with Crippen molar-refractivity contribution in [1.82, 2.24) is 0 Å². The third kappa shape index (κ3) is 4.01. The van der Waals surface area contributed by atoms with Gasteiger partial charge in [-0.15, -0.1) is 0 Å². The van der Waals surface area contributed by atoms with Crippen molar-refractivity contribution in [2.45, 2.75) is 10.3 Å². The molecule has 4 nitrogen and oxygen atoms in total. The summed E-state index contributed by atoms with van der Waals surface area (Å²) in [5.74, 6) is -0.336. The van der Waals surface area contributed by atoms with Gasteiger partial charge in [0.2, 0.25) is 0 Å². The van der Waals surface area contributed by atoms with E-state index in [0.717, 1.165) is 11.8 Å². The first-order valence-electron chi connectivity index (χ1n) is 5.65. The fourth-order valence-corrected chi connectivity index (χ4v) is 2.15. The molecule has 5 heteroatoms. The minimum Gasteiger partial charge on any atom is -0.508 e. The monoisotopic (exact) mass is 275 g/mol. The standard InChI is InChI=1S/C14H13NO3S/c16-11-6-8-12(9-7-11)19-14(18)13(17)15-10-4-2-1-3-5-10/h1-9,14,16,18H,(H,15,17). The van der Waals surface area contributed by atoms with Gasteiger partial charge in [0.05, 0.1) is 0 Å². The largest absolute Gasteiger partial charge is 0.508 e. The van der Waals surface area contributed by atoms with Crippen LogP contribution >= 0.6 is 11.8 Å². The third-order valence-electron chi connectivity index (χ3n) is 2.35. The molecule has 0 aromatic heterocycles. The maximum atomic E-state index is 11.8.